The lowest BCUT2D eigenvalue weighted by Crippen LogP contribution is -2.51. The molecule has 0 radical (unpaired) electrons. The molecule has 3 saturated heterocycles. The van der Waals surface area contributed by atoms with Crippen LogP contribution in [-0.2, 0) is 9.63 Å². The number of rotatable bonds is 2. The van der Waals surface area contributed by atoms with Gasteiger partial charge >= 0.3 is 0 Å². The Morgan fingerprint density at radius 2 is 2.04 bits per heavy atom. The molecule has 4 atom stereocenters. The molecule has 1 aromatic carbocycles. The minimum atomic E-state index is -0.0157. The van der Waals surface area contributed by atoms with Crippen molar-refractivity contribution in [1.29, 1.82) is 0 Å². The molecule has 0 saturated carbocycles. The van der Waals surface area contributed by atoms with Gasteiger partial charge in [-0.3, -0.25) is 14.5 Å². The minimum Gasteiger partial charge on any atom is -0.300 e. The van der Waals surface area contributed by atoms with Crippen LogP contribution >= 0.6 is 11.6 Å². The molecule has 4 rings (SSSR count). The van der Waals surface area contributed by atoms with E-state index in [1.807, 2.05) is 12.1 Å². The summed E-state index contributed by atoms with van der Waals surface area (Å²) in [6.07, 6.45) is 4.28. The maximum absolute atomic E-state index is 13.1. The summed E-state index contributed by atoms with van der Waals surface area (Å²) in [6, 6.07) is 8.96. The summed E-state index contributed by atoms with van der Waals surface area (Å²) in [5, 5.41) is 2.36. The van der Waals surface area contributed by atoms with Crippen LogP contribution in [0.25, 0.3) is 0 Å². The summed E-state index contributed by atoms with van der Waals surface area (Å²) >= 11 is 6.04. The van der Waals surface area contributed by atoms with Crippen molar-refractivity contribution < 1.29 is 9.63 Å². The molecular weight excluding hydrogens is 312 g/mol. The van der Waals surface area contributed by atoms with Crippen LogP contribution < -0.4 is 0 Å². The van der Waals surface area contributed by atoms with E-state index in [0.29, 0.717) is 18.7 Å². The van der Waals surface area contributed by atoms with Gasteiger partial charge in [0.05, 0.1) is 19.1 Å². The zero-order valence-electron chi connectivity index (χ0n) is 13.5. The van der Waals surface area contributed by atoms with Gasteiger partial charge in [0, 0.05) is 17.1 Å². The smallest absolute Gasteiger partial charge is 0.251 e. The first-order chi connectivity index (χ1) is 11.1. The first-order valence-corrected chi connectivity index (χ1v) is 8.94. The molecule has 2 bridgehead atoms. The predicted molar refractivity (Wildman–Crippen MR) is 89.2 cm³/mol. The van der Waals surface area contributed by atoms with Crippen LogP contribution in [0.5, 0.6) is 0 Å². The largest absolute Gasteiger partial charge is 0.300 e. The fraction of sp³-hybridized carbons (Fsp3) is 0.611. The first-order valence-electron chi connectivity index (χ1n) is 8.57. The maximum Gasteiger partial charge on any atom is 0.251 e. The molecule has 1 amide bonds. The van der Waals surface area contributed by atoms with Gasteiger partial charge in [-0.2, -0.15) is 0 Å². The van der Waals surface area contributed by atoms with E-state index >= 15 is 0 Å². The van der Waals surface area contributed by atoms with Gasteiger partial charge < -0.3 is 0 Å². The van der Waals surface area contributed by atoms with E-state index in [1.54, 1.807) is 5.06 Å². The lowest BCUT2D eigenvalue weighted by Gasteiger charge is -2.43. The van der Waals surface area contributed by atoms with Gasteiger partial charge in [-0.25, -0.2) is 5.06 Å². The zero-order chi connectivity index (χ0) is 16.0. The molecule has 3 fully saturated rings. The number of amides is 1. The van der Waals surface area contributed by atoms with Crippen molar-refractivity contribution in [2.75, 3.05) is 20.2 Å². The van der Waals surface area contributed by atoms with E-state index in [2.05, 4.69) is 24.1 Å². The van der Waals surface area contributed by atoms with E-state index in [1.165, 1.54) is 12.0 Å². The number of fused-ring (bicyclic) bond motifs is 2. The molecule has 1 aromatic rings. The quantitative estimate of drug-likeness (QED) is 0.833. The molecule has 23 heavy (non-hydrogen) atoms. The van der Waals surface area contributed by atoms with Gasteiger partial charge in [-0.15, -0.1) is 0 Å². The Morgan fingerprint density at radius 3 is 2.74 bits per heavy atom. The molecule has 3 heterocycles. The van der Waals surface area contributed by atoms with Crippen molar-refractivity contribution in [2.45, 2.75) is 43.7 Å². The second-order valence-electron chi connectivity index (χ2n) is 7.01. The number of hydroxylamine groups is 2. The normalized spacial score (nSPS) is 34.1. The topological polar surface area (TPSA) is 32.8 Å². The average Bonchev–Trinajstić information content (AvgIpc) is 3.15. The standard InChI is InChI=1S/C18H23ClN2O2/c1-20-14-7-8-16(20)17(18(22)21-9-2-10-23-21)15(11-14)12-3-5-13(19)6-4-12/h3-6,14-17H,2,7-11H2,1H3/t14?,15-,16?,17?/m1/s1. The summed E-state index contributed by atoms with van der Waals surface area (Å²) < 4.78 is 0. The van der Waals surface area contributed by atoms with Crippen LogP contribution in [0.3, 0.4) is 0 Å². The van der Waals surface area contributed by atoms with Gasteiger partial charge in [0.1, 0.15) is 0 Å². The Kier molecular flexibility index (Phi) is 4.08. The number of benzene rings is 1. The van der Waals surface area contributed by atoms with Crippen molar-refractivity contribution in [3.05, 3.63) is 34.9 Å². The first kappa shape index (κ1) is 15.4. The summed E-state index contributed by atoms with van der Waals surface area (Å²) in [4.78, 5) is 21.1. The van der Waals surface area contributed by atoms with Gasteiger partial charge in [0.15, 0.2) is 0 Å². The molecule has 0 N–H and O–H groups in total. The van der Waals surface area contributed by atoms with E-state index in [0.717, 1.165) is 30.8 Å². The molecule has 124 valence electrons. The fourth-order valence-corrected chi connectivity index (χ4v) is 4.77. The molecule has 0 spiro atoms. The monoisotopic (exact) mass is 334 g/mol. The number of hydrogen-bond acceptors (Lipinski definition) is 3. The number of carbonyl (C=O) groups is 1. The second kappa shape index (κ2) is 6.08. The predicted octanol–water partition coefficient (Wildman–Crippen LogP) is 3.07. The van der Waals surface area contributed by atoms with Crippen LogP contribution in [0.1, 0.15) is 37.2 Å². The Hall–Kier alpha value is -1.10. The van der Waals surface area contributed by atoms with Gasteiger partial charge in [-0.1, -0.05) is 23.7 Å². The van der Waals surface area contributed by atoms with Crippen molar-refractivity contribution in [1.82, 2.24) is 9.96 Å². The van der Waals surface area contributed by atoms with E-state index in [4.69, 9.17) is 16.4 Å². The third-order valence-corrected chi connectivity index (χ3v) is 6.10. The van der Waals surface area contributed by atoms with E-state index in [9.17, 15) is 4.79 Å². The van der Waals surface area contributed by atoms with Crippen LogP contribution in [0.15, 0.2) is 24.3 Å². The highest BCUT2D eigenvalue weighted by atomic mass is 35.5. The molecule has 4 nitrogen and oxygen atoms in total. The Balaban J connectivity index is 1.67. The second-order valence-corrected chi connectivity index (χ2v) is 7.45. The number of hydrogen-bond donors (Lipinski definition) is 0. The van der Waals surface area contributed by atoms with E-state index < -0.39 is 0 Å². The van der Waals surface area contributed by atoms with E-state index in [-0.39, 0.29) is 17.7 Å². The molecule has 3 aliphatic rings. The number of carbonyl (C=O) groups excluding carboxylic acids is 1. The molecular formula is C18H23ClN2O2. The highest BCUT2D eigenvalue weighted by molar-refractivity contribution is 6.30. The van der Waals surface area contributed by atoms with Crippen LogP contribution in [0.4, 0.5) is 0 Å². The number of halogens is 1. The SMILES string of the molecule is CN1C2CCC1C(C(=O)N1CCCO1)[C@@H](c1ccc(Cl)cc1)C2. The van der Waals surface area contributed by atoms with Crippen LogP contribution in [-0.4, -0.2) is 48.2 Å². The van der Waals surface area contributed by atoms with Gasteiger partial charge in [-0.05, 0) is 56.3 Å². The molecule has 3 unspecified atom stereocenters. The van der Waals surface area contributed by atoms with Crippen LogP contribution in [0, 0.1) is 5.92 Å². The fourth-order valence-electron chi connectivity index (χ4n) is 4.64. The van der Waals surface area contributed by atoms with Crippen molar-refractivity contribution in [3.8, 4) is 0 Å². The summed E-state index contributed by atoms with van der Waals surface area (Å²) in [6.45, 7) is 1.38. The minimum absolute atomic E-state index is 0.0157. The third kappa shape index (κ3) is 2.67. The van der Waals surface area contributed by atoms with Crippen molar-refractivity contribution in [3.63, 3.8) is 0 Å². The summed E-state index contributed by atoms with van der Waals surface area (Å²) in [5.41, 5.74) is 1.23. The molecule has 0 aliphatic carbocycles. The number of nitrogens with zero attached hydrogens (tertiary/aromatic N) is 2. The van der Waals surface area contributed by atoms with Crippen molar-refractivity contribution >= 4 is 17.5 Å². The van der Waals surface area contributed by atoms with Gasteiger partial charge in [0.2, 0.25) is 0 Å². The molecule has 0 aromatic heterocycles. The lowest BCUT2D eigenvalue weighted by atomic mass is 9.75. The molecule has 5 heteroatoms. The average molecular weight is 335 g/mol. The molecule has 3 aliphatic heterocycles. The Labute approximate surface area is 142 Å². The Morgan fingerprint density at radius 1 is 1.26 bits per heavy atom. The number of piperidine rings is 1. The highest BCUT2D eigenvalue weighted by Gasteiger charge is 2.50. The zero-order valence-corrected chi connectivity index (χ0v) is 14.2. The third-order valence-electron chi connectivity index (χ3n) is 5.85. The highest BCUT2D eigenvalue weighted by Crippen LogP contribution is 2.47. The van der Waals surface area contributed by atoms with Crippen molar-refractivity contribution in [2.24, 2.45) is 5.92 Å². The lowest BCUT2D eigenvalue weighted by molar-refractivity contribution is -0.177. The summed E-state index contributed by atoms with van der Waals surface area (Å²) in [7, 11) is 2.17. The maximum atomic E-state index is 13.1. The van der Waals surface area contributed by atoms with Crippen LogP contribution in [0.2, 0.25) is 5.02 Å². The summed E-state index contributed by atoms with van der Waals surface area (Å²) in [5.74, 6) is 0.412. The Bertz CT molecular complexity index is 585. The van der Waals surface area contributed by atoms with Gasteiger partial charge in [0.25, 0.3) is 5.91 Å².